The van der Waals surface area contributed by atoms with Crippen LogP contribution in [0.4, 0.5) is 5.82 Å². The molecule has 0 radical (unpaired) electrons. The van der Waals surface area contributed by atoms with E-state index >= 15 is 0 Å². The first-order valence-electron chi connectivity index (χ1n) is 10.3. The van der Waals surface area contributed by atoms with Gasteiger partial charge in [0.25, 0.3) is 5.91 Å². The van der Waals surface area contributed by atoms with Crippen LogP contribution in [0.3, 0.4) is 0 Å². The smallest absolute Gasteiger partial charge is 0.264 e. The number of hydrogen-bond donors (Lipinski definition) is 1. The summed E-state index contributed by atoms with van der Waals surface area (Å²) < 4.78 is 0. The molecule has 1 saturated carbocycles. The van der Waals surface area contributed by atoms with Crippen molar-refractivity contribution in [2.24, 2.45) is 17.8 Å². The van der Waals surface area contributed by atoms with Gasteiger partial charge >= 0.3 is 0 Å². The van der Waals surface area contributed by atoms with Crippen molar-refractivity contribution in [1.29, 1.82) is 0 Å². The van der Waals surface area contributed by atoms with Crippen LogP contribution in [0.1, 0.15) is 33.6 Å². The third kappa shape index (κ3) is 3.45. The Labute approximate surface area is 179 Å². The molecule has 3 aromatic heterocycles. The number of rotatable bonds is 6. The van der Waals surface area contributed by atoms with E-state index in [4.69, 9.17) is 0 Å². The number of aromatic nitrogens is 4. The summed E-state index contributed by atoms with van der Waals surface area (Å²) in [4.78, 5) is 25.3. The quantitative estimate of drug-likeness (QED) is 0.613. The average molecular weight is 421 g/mol. The van der Waals surface area contributed by atoms with Gasteiger partial charge in [0.2, 0.25) is 0 Å². The predicted molar refractivity (Wildman–Crippen MR) is 117 cm³/mol. The summed E-state index contributed by atoms with van der Waals surface area (Å²) in [5.74, 6) is 2.92. The maximum absolute atomic E-state index is 13.1. The molecule has 3 heterocycles. The first-order chi connectivity index (χ1) is 14.6. The number of hydrogen-bond acceptors (Lipinski definition) is 7. The number of thiophene rings is 1. The van der Waals surface area contributed by atoms with Crippen LogP contribution in [-0.2, 0) is 6.54 Å². The van der Waals surface area contributed by atoms with Crippen molar-refractivity contribution in [3.63, 3.8) is 0 Å². The van der Waals surface area contributed by atoms with Gasteiger partial charge < -0.3 is 10.2 Å². The molecular weight excluding hydrogens is 396 g/mol. The van der Waals surface area contributed by atoms with Crippen molar-refractivity contribution in [2.75, 3.05) is 18.9 Å². The van der Waals surface area contributed by atoms with Crippen molar-refractivity contribution in [3.05, 3.63) is 52.9 Å². The third-order valence-corrected chi connectivity index (χ3v) is 7.47. The van der Waals surface area contributed by atoms with Crippen LogP contribution in [-0.4, -0.2) is 44.6 Å². The van der Waals surface area contributed by atoms with Crippen LogP contribution in [0.25, 0.3) is 10.2 Å². The summed E-state index contributed by atoms with van der Waals surface area (Å²) in [7, 11) is 1.81. The average Bonchev–Trinajstić information content (AvgIpc) is 3.47. The fourth-order valence-electron chi connectivity index (χ4n) is 4.70. The van der Waals surface area contributed by atoms with Crippen LogP contribution >= 0.6 is 11.3 Å². The van der Waals surface area contributed by atoms with Gasteiger partial charge in [-0.15, -0.1) is 11.3 Å². The number of nitrogens with one attached hydrogen (secondary N) is 1. The monoisotopic (exact) mass is 420 g/mol. The molecule has 1 fully saturated rings. The van der Waals surface area contributed by atoms with Crippen LogP contribution < -0.4 is 5.32 Å². The van der Waals surface area contributed by atoms with Gasteiger partial charge in [0.15, 0.2) is 0 Å². The standard InChI is InChI=1S/C22H24N6OS/c1-13-18-20(23-10-17-8-14-3-4-16(17)7-14)24-12-25-21(18)30-19(13)22(29)28(2)11-15-5-6-26-27-9-15/h3-6,9,12,14,16-17H,7-8,10-11H2,1-2H3,(H,23,24,25). The second-order valence-corrected chi connectivity index (χ2v) is 9.29. The molecule has 3 aromatic rings. The second-order valence-electron chi connectivity index (χ2n) is 8.29. The van der Waals surface area contributed by atoms with Crippen LogP contribution in [0.5, 0.6) is 0 Å². The Morgan fingerprint density at radius 2 is 2.17 bits per heavy atom. The summed E-state index contributed by atoms with van der Waals surface area (Å²) in [6.07, 6.45) is 12.2. The van der Waals surface area contributed by atoms with Crippen LogP contribution in [0, 0.1) is 24.7 Å². The molecule has 0 spiro atoms. The number of carbonyl (C=O) groups is 1. The fourth-order valence-corrected chi connectivity index (χ4v) is 5.84. The summed E-state index contributed by atoms with van der Waals surface area (Å²) in [5, 5.41) is 12.2. The molecule has 1 amide bonds. The normalized spacial score (nSPS) is 22.0. The number of nitrogens with zero attached hydrogens (tertiary/aromatic N) is 5. The van der Waals surface area contributed by atoms with E-state index < -0.39 is 0 Å². The molecule has 8 heteroatoms. The summed E-state index contributed by atoms with van der Waals surface area (Å²) >= 11 is 1.43. The lowest BCUT2D eigenvalue weighted by Crippen LogP contribution is -2.26. The zero-order valence-corrected chi connectivity index (χ0v) is 17.9. The third-order valence-electron chi connectivity index (χ3n) is 6.28. The highest BCUT2D eigenvalue weighted by Crippen LogP contribution is 2.43. The molecule has 2 bridgehead atoms. The molecule has 2 aliphatic rings. The molecule has 0 aliphatic heterocycles. The Kier molecular flexibility index (Phi) is 4.94. The van der Waals surface area contributed by atoms with Crippen molar-refractivity contribution in [3.8, 4) is 0 Å². The highest BCUT2D eigenvalue weighted by atomic mass is 32.1. The molecular formula is C22H24N6OS. The molecule has 154 valence electrons. The molecule has 0 saturated heterocycles. The molecule has 3 unspecified atom stereocenters. The minimum atomic E-state index is -0.0171. The largest absolute Gasteiger partial charge is 0.369 e. The van der Waals surface area contributed by atoms with Gasteiger partial charge in [0.1, 0.15) is 17.0 Å². The zero-order valence-electron chi connectivity index (χ0n) is 17.1. The minimum Gasteiger partial charge on any atom is -0.369 e. The fraction of sp³-hybridized carbons (Fsp3) is 0.409. The van der Waals surface area contributed by atoms with Crippen molar-refractivity contribution in [2.45, 2.75) is 26.3 Å². The first kappa shape index (κ1) is 19.1. The van der Waals surface area contributed by atoms with E-state index in [9.17, 15) is 4.79 Å². The zero-order chi connectivity index (χ0) is 20.7. The number of amides is 1. The molecule has 1 N–H and O–H groups in total. The lowest BCUT2D eigenvalue weighted by atomic mass is 9.93. The second kappa shape index (κ2) is 7.75. The Morgan fingerprint density at radius 1 is 1.27 bits per heavy atom. The van der Waals surface area contributed by atoms with E-state index in [0.29, 0.717) is 23.3 Å². The van der Waals surface area contributed by atoms with E-state index in [1.54, 1.807) is 30.7 Å². The van der Waals surface area contributed by atoms with Gasteiger partial charge in [-0.05, 0) is 54.7 Å². The van der Waals surface area contributed by atoms with Gasteiger partial charge in [0.05, 0.1) is 16.5 Å². The summed E-state index contributed by atoms with van der Waals surface area (Å²) in [6, 6.07) is 1.87. The molecule has 3 atom stereocenters. The number of aryl methyl sites for hydroxylation is 1. The van der Waals surface area contributed by atoms with Crippen molar-refractivity contribution >= 4 is 33.3 Å². The highest BCUT2D eigenvalue weighted by molar-refractivity contribution is 7.20. The van der Waals surface area contributed by atoms with Gasteiger partial charge in [-0.3, -0.25) is 4.79 Å². The van der Waals surface area contributed by atoms with Crippen molar-refractivity contribution in [1.82, 2.24) is 25.1 Å². The van der Waals surface area contributed by atoms with Crippen LogP contribution in [0.2, 0.25) is 0 Å². The topological polar surface area (TPSA) is 83.9 Å². The number of allylic oxidation sites excluding steroid dienone is 2. The van der Waals surface area contributed by atoms with Crippen LogP contribution in [0.15, 0.2) is 36.9 Å². The first-order valence-corrected chi connectivity index (χ1v) is 11.1. The molecule has 0 aromatic carbocycles. The molecule has 2 aliphatic carbocycles. The van der Waals surface area contributed by atoms with E-state index in [-0.39, 0.29) is 5.91 Å². The number of carbonyl (C=O) groups excluding carboxylic acids is 1. The Balaban J connectivity index is 1.36. The molecule has 30 heavy (non-hydrogen) atoms. The summed E-state index contributed by atoms with van der Waals surface area (Å²) in [6.45, 7) is 3.38. The number of anilines is 1. The van der Waals surface area contributed by atoms with Crippen molar-refractivity contribution < 1.29 is 4.79 Å². The minimum absolute atomic E-state index is 0.0171. The highest BCUT2D eigenvalue weighted by Gasteiger charge is 2.35. The molecule has 7 nitrogen and oxygen atoms in total. The Bertz CT molecular complexity index is 1110. The maximum atomic E-state index is 13.1. The van der Waals surface area contributed by atoms with Gasteiger partial charge in [0, 0.05) is 26.3 Å². The van der Waals surface area contributed by atoms with Gasteiger partial charge in [-0.1, -0.05) is 12.2 Å². The summed E-state index contributed by atoms with van der Waals surface area (Å²) in [5.41, 5.74) is 1.89. The Hall–Kier alpha value is -2.87. The SMILES string of the molecule is Cc1c(C(=O)N(C)Cc2ccnnc2)sc2ncnc(NCC3CC4C=CC3C4)c12. The molecule has 5 rings (SSSR count). The van der Waals surface area contributed by atoms with Gasteiger partial charge in [-0.25, -0.2) is 9.97 Å². The van der Waals surface area contributed by atoms with E-state index in [1.807, 2.05) is 13.0 Å². The Morgan fingerprint density at radius 3 is 2.90 bits per heavy atom. The lowest BCUT2D eigenvalue weighted by molar-refractivity contribution is 0.0789. The van der Waals surface area contributed by atoms with E-state index in [2.05, 4.69) is 37.6 Å². The van der Waals surface area contributed by atoms with E-state index in [1.165, 1.54) is 24.2 Å². The number of fused-ring (bicyclic) bond motifs is 3. The van der Waals surface area contributed by atoms with E-state index in [0.717, 1.165) is 39.6 Å². The maximum Gasteiger partial charge on any atom is 0.264 e. The predicted octanol–water partition coefficient (Wildman–Crippen LogP) is 3.69. The lowest BCUT2D eigenvalue weighted by Gasteiger charge is -2.19. The van der Waals surface area contributed by atoms with Gasteiger partial charge in [-0.2, -0.15) is 10.2 Å².